The van der Waals surface area contributed by atoms with Crippen molar-refractivity contribution in [1.82, 2.24) is 0 Å². The molecular formula is C14H11Cl2F2N. The second kappa shape index (κ2) is 5.87. The van der Waals surface area contributed by atoms with Crippen LogP contribution in [0.4, 0.5) is 8.78 Å². The van der Waals surface area contributed by atoms with E-state index in [4.69, 9.17) is 28.9 Å². The lowest BCUT2D eigenvalue weighted by molar-refractivity contribution is 0.592. The van der Waals surface area contributed by atoms with Gasteiger partial charge in [0.15, 0.2) is 0 Å². The van der Waals surface area contributed by atoms with Gasteiger partial charge in [-0.15, -0.1) is 0 Å². The molecular weight excluding hydrogens is 291 g/mol. The third kappa shape index (κ3) is 3.44. The Morgan fingerprint density at radius 3 is 2.47 bits per heavy atom. The molecule has 2 aromatic carbocycles. The quantitative estimate of drug-likeness (QED) is 0.886. The summed E-state index contributed by atoms with van der Waals surface area (Å²) in [5.41, 5.74) is 6.96. The monoisotopic (exact) mass is 301 g/mol. The Kier molecular flexibility index (Phi) is 4.40. The second-order valence-electron chi connectivity index (χ2n) is 4.21. The zero-order valence-electron chi connectivity index (χ0n) is 9.84. The first kappa shape index (κ1) is 14.3. The largest absolute Gasteiger partial charge is 0.324 e. The Labute approximate surface area is 119 Å². The average molecular weight is 302 g/mol. The van der Waals surface area contributed by atoms with Crippen LogP contribution in [0.5, 0.6) is 0 Å². The second-order valence-corrected chi connectivity index (χ2v) is 5.06. The van der Waals surface area contributed by atoms with Crippen molar-refractivity contribution >= 4 is 23.2 Å². The van der Waals surface area contributed by atoms with Crippen LogP contribution in [0.2, 0.25) is 10.0 Å². The molecule has 0 aliphatic heterocycles. The van der Waals surface area contributed by atoms with Crippen molar-refractivity contribution < 1.29 is 8.78 Å². The van der Waals surface area contributed by atoms with Gasteiger partial charge in [-0.3, -0.25) is 0 Å². The third-order valence-corrected chi connectivity index (χ3v) is 3.37. The highest BCUT2D eigenvalue weighted by Gasteiger charge is 2.14. The van der Waals surface area contributed by atoms with Crippen molar-refractivity contribution in [1.29, 1.82) is 0 Å². The summed E-state index contributed by atoms with van der Waals surface area (Å²) in [6.45, 7) is 0. The Balaban J connectivity index is 2.25. The normalized spacial score (nSPS) is 12.5. The van der Waals surface area contributed by atoms with Crippen LogP contribution in [-0.2, 0) is 6.42 Å². The van der Waals surface area contributed by atoms with E-state index in [2.05, 4.69) is 0 Å². The molecule has 0 radical (unpaired) electrons. The molecule has 0 aliphatic carbocycles. The predicted octanol–water partition coefficient (Wildman–Crippen LogP) is 4.51. The molecule has 5 heteroatoms. The minimum Gasteiger partial charge on any atom is -0.324 e. The van der Waals surface area contributed by atoms with Crippen LogP contribution in [0.1, 0.15) is 17.2 Å². The van der Waals surface area contributed by atoms with Crippen LogP contribution in [-0.4, -0.2) is 0 Å². The van der Waals surface area contributed by atoms with E-state index < -0.39 is 11.9 Å². The molecule has 2 aromatic rings. The highest BCUT2D eigenvalue weighted by molar-refractivity contribution is 6.31. The van der Waals surface area contributed by atoms with Crippen molar-refractivity contribution in [3.63, 3.8) is 0 Å². The van der Waals surface area contributed by atoms with Crippen LogP contribution >= 0.6 is 23.2 Å². The smallest absolute Gasteiger partial charge is 0.126 e. The van der Waals surface area contributed by atoms with Crippen LogP contribution in [0.25, 0.3) is 0 Å². The van der Waals surface area contributed by atoms with Gasteiger partial charge in [-0.25, -0.2) is 8.78 Å². The first-order chi connectivity index (χ1) is 8.97. The van der Waals surface area contributed by atoms with E-state index in [1.54, 1.807) is 0 Å². The number of hydrogen-bond acceptors (Lipinski definition) is 1. The van der Waals surface area contributed by atoms with Crippen LogP contribution in [0.15, 0.2) is 36.4 Å². The van der Waals surface area contributed by atoms with Crippen molar-refractivity contribution in [2.45, 2.75) is 12.5 Å². The predicted molar refractivity (Wildman–Crippen MR) is 73.5 cm³/mol. The maximum absolute atomic E-state index is 13.6. The molecule has 0 aliphatic rings. The van der Waals surface area contributed by atoms with Crippen LogP contribution in [0.3, 0.4) is 0 Å². The topological polar surface area (TPSA) is 26.0 Å². The Morgan fingerprint density at radius 2 is 1.79 bits per heavy atom. The van der Waals surface area contributed by atoms with Gasteiger partial charge >= 0.3 is 0 Å². The fourth-order valence-electron chi connectivity index (χ4n) is 1.85. The lowest BCUT2D eigenvalue weighted by Gasteiger charge is -2.14. The molecule has 2 rings (SSSR count). The Morgan fingerprint density at radius 1 is 1.05 bits per heavy atom. The number of hydrogen-bond donors (Lipinski definition) is 1. The minimum absolute atomic E-state index is 0.231. The van der Waals surface area contributed by atoms with Gasteiger partial charge in [0.2, 0.25) is 0 Å². The molecule has 0 spiro atoms. The molecule has 100 valence electrons. The third-order valence-electron chi connectivity index (χ3n) is 2.81. The number of nitrogens with two attached hydrogens (primary N) is 1. The summed E-state index contributed by atoms with van der Waals surface area (Å²) in [4.78, 5) is 0. The molecule has 0 heterocycles. The van der Waals surface area contributed by atoms with Gasteiger partial charge in [0.1, 0.15) is 11.6 Å². The van der Waals surface area contributed by atoms with Gasteiger partial charge in [-0.2, -0.15) is 0 Å². The molecule has 0 saturated carbocycles. The summed E-state index contributed by atoms with van der Waals surface area (Å²) in [6, 6.07) is 7.72. The first-order valence-electron chi connectivity index (χ1n) is 5.62. The maximum atomic E-state index is 13.6. The first-order valence-corrected chi connectivity index (χ1v) is 6.37. The molecule has 2 N–H and O–H groups in total. The van der Waals surface area contributed by atoms with Gasteiger partial charge in [0.05, 0.1) is 0 Å². The standard InChI is InChI=1S/C14H11Cl2F2N/c15-9-1-4-13(18)8(5-9)6-14(19)11-3-2-10(17)7-12(11)16/h1-5,7,14H,6,19H2. The van der Waals surface area contributed by atoms with Crippen LogP contribution in [0, 0.1) is 11.6 Å². The van der Waals surface area contributed by atoms with Gasteiger partial charge in [-0.1, -0.05) is 29.3 Å². The minimum atomic E-state index is -0.527. The highest BCUT2D eigenvalue weighted by atomic mass is 35.5. The lowest BCUT2D eigenvalue weighted by Crippen LogP contribution is -2.14. The molecule has 0 saturated heterocycles. The van der Waals surface area contributed by atoms with E-state index in [9.17, 15) is 8.78 Å². The zero-order valence-corrected chi connectivity index (χ0v) is 11.3. The maximum Gasteiger partial charge on any atom is 0.126 e. The van der Waals surface area contributed by atoms with Crippen molar-refractivity contribution in [2.75, 3.05) is 0 Å². The molecule has 1 atom stereocenters. The summed E-state index contributed by atoms with van der Waals surface area (Å²) in [5.74, 6) is -0.812. The Hall–Kier alpha value is -1.16. The zero-order chi connectivity index (χ0) is 14.0. The number of halogens is 4. The average Bonchev–Trinajstić information content (AvgIpc) is 2.33. The fourth-order valence-corrected chi connectivity index (χ4v) is 2.35. The molecule has 0 amide bonds. The molecule has 0 aromatic heterocycles. The summed E-state index contributed by atoms with van der Waals surface area (Å²) in [7, 11) is 0. The SMILES string of the molecule is NC(Cc1cc(Cl)ccc1F)c1ccc(F)cc1Cl. The number of benzene rings is 2. The molecule has 0 fully saturated rings. The van der Waals surface area contributed by atoms with E-state index in [1.807, 2.05) is 0 Å². The van der Waals surface area contributed by atoms with Crippen molar-refractivity contribution in [2.24, 2.45) is 5.73 Å². The summed E-state index contributed by atoms with van der Waals surface area (Å²) >= 11 is 11.7. The van der Waals surface area contributed by atoms with Gasteiger partial charge < -0.3 is 5.73 Å². The molecule has 1 nitrogen and oxygen atoms in total. The van der Waals surface area contributed by atoms with E-state index in [1.165, 1.54) is 36.4 Å². The molecule has 0 bridgehead atoms. The van der Waals surface area contributed by atoms with E-state index in [0.29, 0.717) is 16.1 Å². The van der Waals surface area contributed by atoms with Crippen molar-refractivity contribution in [3.8, 4) is 0 Å². The number of rotatable bonds is 3. The fraction of sp³-hybridized carbons (Fsp3) is 0.143. The summed E-state index contributed by atoms with van der Waals surface area (Å²) in [5, 5.41) is 0.670. The van der Waals surface area contributed by atoms with E-state index >= 15 is 0 Å². The highest BCUT2D eigenvalue weighted by Crippen LogP contribution is 2.26. The summed E-state index contributed by atoms with van der Waals surface area (Å²) < 4.78 is 26.6. The Bertz CT molecular complexity index is 602. The van der Waals surface area contributed by atoms with Gasteiger partial charge in [0, 0.05) is 16.1 Å². The lowest BCUT2D eigenvalue weighted by atomic mass is 9.99. The van der Waals surface area contributed by atoms with E-state index in [0.717, 1.165) is 0 Å². The van der Waals surface area contributed by atoms with Gasteiger partial charge in [-0.05, 0) is 47.9 Å². The molecule has 19 heavy (non-hydrogen) atoms. The van der Waals surface area contributed by atoms with Crippen molar-refractivity contribution in [3.05, 3.63) is 69.2 Å². The van der Waals surface area contributed by atoms with Gasteiger partial charge in [0.25, 0.3) is 0 Å². The molecule has 1 unspecified atom stereocenters. The van der Waals surface area contributed by atoms with Crippen LogP contribution < -0.4 is 5.73 Å². The van der Waals surface area contributed by atoms with E-state index in [-0.39, 0.29) is 17.3 Å². The summed E-state index contributed by atoms with van der Waals surface area (Å²) in [6.07, 6.45) is 0.234.